The molecule has 0 atom stereocenters. The summed E-state index contributed by atoms with van der Waals surface area (Å²) >= 11 is 7.08. The molecule has 0 aliphatic carbocycles. The number of benzene rings is 3. The lowest BCUT2D eigenvalue weighted by Gasteiger charge is -2.15. The van der Waals surface area contributed by atoms with Crippen molar-refractivity contribution in [3.05, 3.63) is 85.8 Å². The molecule has 3 aromatic carbocycles. The van der Waals surface area contributed by atoms with E-state index in [0.717, 1.165) is 25.8 Å². The number of hydrogen-bond donors (Lipinski definition) is 1. The Morgan fingerprint density at radius 3 is 2.29 bits per heavy atom. The quantitative estimate of drug-likeness (QED) is 0.374. The molecule has 0 aromatic heterocycles. The van der Waals surface area contributed by atoms with E-state index >= 15 is 0 Å². The van der Waals surface area contributed by atoms with Crippen LogP contribution < -0.4 is 14.8 Å². The molecule has 5 heteroatoms. The van der Waals surface area contributed by atoms with Gasteiger partial charge in [-0.15, -0.1) is 0 Å². The third kappa shape index (κ3) is 5.30. The lowest BCUT2D eigenvalue weighted by Crippen LogP contribution is -2.03. The summed E-state index contributed by atoms with van der Waals surface area (Å²) in [6, 6.07) is 18.6. The third-order valence-electron chi connectivity index (χ3n) is 4.59. The van der Waals surface area contributed by atoms with Crippen LogP contribution in [0.15, 0.2) is 63.5 Å². The minimum absolute atomic E-state index is 0.475. The van der Waals surface area contributed by atoms with Gasteiger partial charge in [0.15, 0.2) is 11.5 Å². The molecule has 0 heterocycles. The van der Waals surface area contributed by atoms with E-state index in [0.29, 0.717) is 24.7 Å². The van der Waals surface area contributed by atoms with E-state index in [1.807, 2.05) is 30.3 Å². The van der Waals surface area contributed by atoms with E-state index in [9.17, 15) is 0 Å². The van der Waals surface area contributed by atoms with Gasteiger partial charge >= 0.3 is 0 Å². The van der Waals surface area contributed by atoms with E-state index in [4.69, 9.17) is 9.47 Å². The van der Waals surface area contributed by atoms with Crippen LogP contribution in [0.1, 0.15) is 22.3 Å². The molecule has 0 amide bonds. The van der Waals surface area contributed by atoms with Crippen LogP contribution >= 0.6 is 31.9 Å². The van der Waals surface area contributed by atoms with Crippen LogP contribution in [0.5, 0.6) is 11.5 Å². The van der Waals surface area contributed by atoms with Crippen molar-refractivity contribution in [3.63, 3.8) is 0 Å². The van der Waals surface area contributed by atoms with E-state index in [1.54, 1.807) is 7.11 Å². The summed E-state index contributed by atoms with van der Waals surface area (Å²) in [7, 11) is 1.66. The fraction of sp³-hybridized carbons (Fsp3) is 0.217. The molecule has 146 valence electrons. The van der Waals surface area contributed by atoms with Crippen molar-refractivity contribution < 1.29 is 9.47 Å². The molecule has 3 nitrogen and oxygen atoms in total. The minimum atomic E-state index is 0.475. The minimum Gasteiger partial charge on any atom is -0.493 e. The normalized spacial score (nSPS) is 10.6. The molecule has 0 radical (unpaired) electrons. The molecule has 3 aromatic rings. The highest BCUT2D eigenvalue weighted by Crippen LogP contribution is 2.37. The van der Waals surface area contributed by atoms with Crippen molar-refractivity contribution in [1.29, 1.82) is 0 Å². The highest BCUT2D eigenvalue weighted by Gasteiger charge is 2.12. The summed E-state index contributed by atoms with van der Waals surface area (Å²) in [4.78, 5) is 0. The van der Waals surface area contributed by atoms with Gasteiger partial charge in [0.25, 0.3) is 0 Å². The second kappa shape index (κ2) is 9.48. The van der Waals surface area contributed by atoms with E-state index in [2.05, 4.69) is 75.3 Å². The first-order chi connectivity index (χ1) is 13.5. The van der Waals surface area contributed by atoms with Crippen molar-refractivity contribution >= 4 is 37.5 Å². The number of rotatable bonds is 7. The molecular weight excluding hydrogens is 482 g/mol. The van der Waals surface area contributed by atoms with Crippen molar-refractivity contribution in [2.75, 3.05) is 12.4 Å². The Morgan fingerprint density at radius 1 is 0.857 bits per heavy atom. The van der Waals surface area contributed by atoms with Gasteiger partial charge in [0, 0.05) is 16.7 Å². The van der Waals surface area contributed by atoms with Gasteiger partial charge in [-0.25, -0.2) is 0 Å². The number of hydrogen-bond acceptors (Lipinski definition) is 3. The van der Waals surface area contributed by atoms with Crippen molar-refractivity contribution in [2.45, 2.75) is 27.0 Å². The number of ether oxygens (including phenoxy) is 2. The summed E-state index contributed by atoms with van der Waals surface area (Å²) in [6.45, 7) is 5.42. The van der Waals surface area contributed by atoms with Gasteiger partial charge in [0.05, 0.1) is 11.6 Å². The zero-order chi connectivity index (χ0) is 20.1. The van der Waals surface area contributed by atoms with Gasteiger partial charge < -0.3 is 14.8 Å². The third-order valence-corrected chi connectivity index (χ3v) is 5.71. The maximum Gasteiger partial charge on any atom is 0.175 e. The van der Waals surface area contributed by atoms with Gasteiger partial charge in [-0.3, -0.25) is 0 Å². The van der Waals surface area contributed by atoms with E-state index < -0.39 is 0 Å². The first kappa shape index (κ1) is 20.7. The predicted molar refractivity (Wildman–Crippen MR) is 122 cm³/mol. The van der Waals surface area contributed by atoms with Crippen LogP contribution in [0.2, 0.25) is 0 Å². The Kier molecular flexibility index (Phi) is 7.03. The molecule has 0 fully saturated rings. The highest BCUT2D eigenvalue weighted by molar-refractivity contribution is 9.10. The number of nitrogens with one attached hydrogen (secondary N) is 1. The van der Waals surface area contributed by atoms with Crippen LogP contribution in [-0.4, -0.2) is 7.11 Å². The SMILES string of the molecule is COc1cc(CNc2ccc(C)c(C)c2)cc(Br)c1OCc1ccc(Br)cc1. The molecule has 0 spiro atoms. The zero-order valence-electron chi connectivity index (χ0n) is 16.2. The lowest BCUT2D eigenvalue weighted by molar-refractivity contribution is 0.282. The summed E-state index contributed by atoms with van der Waals surface area (Å²) < 4.78 is 13.5. The Hall–Kier alpha value is -1.98. The monoisotopic (exact) mass is 503 g/mol. The molecule has 0 saturated carbocycles. The van der Waals surface area contributed by atoms with Crippen LogP contribution in [-0.2, 0) is 13.2 Å². The second-order valence-corrected chi connectivity index (χ2v) is 8.45. The molecule has 0 saturated heterocycles. The van der Waals surface area contributed by atoms with Gasteiger partial charge in [-0.05, 0) is 88.4 Å². The Labute approximate surface area is 183 Å². The fourth-order valence-corrected chi connectivity index (χ4v) is 3.68. The second-order valence-electron chi connectivity index (χ2n) is 6.68. The van der Waals surface area contributed by atoms with Crippen molar-refractivity contribution in [2.24, 2.45) is 0 Å². The Bertz CT molecular complexity index is 956. The standard InChI is InChI=1S/C23H23Br2NO2/c1-15-4-9-20(10-16(15)2)26-13-18-11-21(25)23(22(12-18)27-3)28-14-17-5-7-19(24)8-6-17/h4-12,26H,13-14H2,1-3H3. The molecule has 28 heavy (non-hydrogen) atoms. The first-order valence-corrected chi connectivity index (χ1v) is 10.6. The smallest absolute Gasteiger partial charge is 0.175 e. The van der Waals surface area contributed by atoms with E-state index in [1.165, 1.54) is 11.1 Å². The van der Waals surface area contributed by atoms with Gasteiger partial charge in [0.2, 0.25) is 0 Å². The largest absolute Gasteiger partial charge is 0.493 e. The molecule has 1 N–H and O–H groups in total. The summed E-state index contributed by atoms with van der Waals surface area (Å²) in [5.41, 5.74) is 5.88. The van der Waals surface area contributed by atoms with Crippen molar-refractivity contribution in [3.8, 4) is 11.5 Å². The molecular formula is C23H23Br2NO2. The van der Waals surface area contributed by atoms with Gasteiger partial charge in [0.1, 0.15) is 6.61 Å². The summed E-state index contributed by atoms with van der Waals surface area (Å²) in [5, 5.41) is 3.47. The van der Waals surface area contributed by atoms with Crippen LogP contribution in [0, 0.1) is 13.8 Å². The highest BCUT2D eigenvalue weighted by atomic mass is 79.9. The van der Waals surface area contributed by atoms with Crippen LogP contribution in [0.3, 0.4) is 0 Å². The molecule has 0 unspecified atom stereocenters. The topological polar surface area (TPSA) is 30.5 Å². The van der Waals surface area contributed by atoms with Crippen LogP contribution in [0.4, 0.5) is 5.69 Å². The van der Waals surface area contributed by atoms with E-state index in [-0.39, 0.29) is 0 Å². The maximum atomic E-state index is 6.02. The Balaban J connectivity index is 1.71. The van der Waals surface area contributed by atoms with Crippen LogP contribution in [0.25, 0.3) is 0 Å². The summed E-state index contributed by atoms with van der Waals surface area (Å²) in [5.74, 6) is 1.42. The fourth-order valence-electron chi connectivity index (χ4n) is 2.81. The first-order valence-electron chi connectivity index (χ1n) is 9.01. The molecule has 0 aliphatic rings. The number of aryl methyl sites for hydroxylation is 2. The zero-order valence-corrected chi connectivity index (χ0v) is 19.4. The molecule has 0 bridgehead atoms. The van der Waals surface area contributed by atoms with Crippen molar-refractivity contribution in [1.82, 2.24) is 0 Å². The molecule has 3 rings (SSSR count). The summed E-state index contributed by atoms with van der Waals surface area (Å²) in [6.07, 6.45) is 0. The van der Waals surface area contributed by atoms with Gasteiger partial charge in [-0.2, -0.15) is 0 Å². The van der Waals surface area contributed by atoms with Gasteiger partial charge in [-0.1, -0.05) is 34.1 Å². The number of methoxy groups -OCH3 is 1. The lowest BCUT2D eigenvalue weighted by atomic mass is 10.1. The average Bonchev–Trinajstić information content (AvgIpc) is 2.69. The predicted octanol–water partition coefficient (Wildman–Crippen LogP) is 7.03. The molecule has 0 aliphatic heterocycles. The number of anilines is 1. The maximum absolute atomic E-state index is 6.02. The number of halogens is 2. The average molecular weight is 505 g/mol. The Morgan fingerprint density at radius 2 is 1.61 bits per heavy atom.